The molecule has 12 N–H and O–H groups in total. The fourth-order valence-electron chi connectivity index (χ4n) is 11.4. The minimum Gasteiger partial charge on any atom is -0.388 e. The standard InChI is InChI=1S/C12H25NOSi.C11H23NOSi.C11H21NO.C10H19NO.C9H19NOSi.C9H17NO.C8H17NOSi.C8H13NO.C7H11NO.9Co/c1-7-11(13-6)12(5,14)15(8-2,9-3)10-4;1-6-10(12)11(5,13)14(7-2,8-3)9-4;1-7-10(12-6)11(13,8(2)3)9(4)5;1-6-9(11-5)10(12,7-2)8(3)4;1-7-8(10-3)9(2,11)12(4,5)6;1-5-8(10-4)9(11,6-2)7-3;1-6-7(9)8(2,10)11(3,4)5;1-5-7(9-4)8(3,10)6-2;1-4-6(8)7(3,9)5-2;;;;;;;;;/h7,14H,1,8-10H2,2-6H3;6,12-13H,1,7-9H2,2-5H3;7-9,13H,1H2,2-6H3;6,8,12H,1,7H2,2-5H3;7,11H,1H2,2-6H3;5,11H,1,6-7H2,2-4H3;6,9-10H,1H2,2-5H3;5-6,10H,1-2H2,3-4H3;4-5,8-9H,1-2H2,3H3;;;;;;;;;. The molecule has 0 aromatic rings. The average molecular weight is 2100 g/mol. The fraction of sp³-hybridized carbons (Fsp3) is 0.635. The molecule has 0 aliphatic heterocycles. The third-order valence-corrected chi connectivity index (χ3v) is 41.1. The molecule has 0 aromatic heterocycles. The number of nitrogens with one attached hydrogen (secondary N) is 3. The normalized spacial score (nSPS) is 15.1. The molecule has 7 atom stereocenters. The quantitative estimate of drug-likeness (QED) is 0.0161. The van der Waals surface area contributed by atoms with Crippen LogP contribution < -0.4 is 0 Å². The van der Waals surface area contributed by atoms with E-state index in [2.05, 4.69) is 164 Å². The predicted octanol–water partition coefficient (Wildman–Crippen LogP) is 18.1. The summed E-state index contributed by atoms with van der Waals surface area (Å²) in [4.78, 5) is 24.1. The van der Waals surface area contributed by atoms with Gasteiger partial charge in [0.15, 0.2) is 0 Å². The van der Waals surface area contributed by atoms with E-state index in [4.69, 9.17) is 16.2 Å². The Balaban J connectivity index is -0.0000000578. The second-order valence-electron chi connectivity index (χ2n) is 30.2. The van der Waals surface area contributed by atoms with Gasteiger partial charge < -0.3 is 62.2 Å². The van der Waals surface area contributed by atoms with Gasteiger partial charge in [-0.1, -0.05) is 264 Å². The summed E-state index contributed by atoms with van der Waals surface area (Å²) in [5.41, 5.74) is -0.0883. The smallest absolute Gasteiger partial charge is 0.121 e. The molecule has 0 amide bonds. The Hall–Kier alpha value is -0.764. The summed E-state index contributed by atoms with van der Waals surface area (Å²) < 4.78 is 0. The molecule has 116 heavy (non-hydrogen) atoms. The van der Waals surface area contributed by atoms with Gasteiger partial charge >= 0.3 is 0 Å². The molecule has 31 heteroatoms. The fourth-order valence-corrected chi connectivity index (χ4v) is 21.9. The van der Waals surface area contributed by atoms with Gasteiger partial charge in [0.2, 0.25) is 0 Å². The topological polar surface area (TPSA) is 328 Å². The van der Waals surface area contributed by atoms with E-state index in [-0.39, 0.29) is 186 Å². The molecule has 0 bridgehead atoms. The Labute approximate surface area is 807 Å². The van der Waals surface area contributed by atoms with E-state index in [9.17, 15) is 46.0 Å². The van der Waals surface area contributed by atoms with Crippen LogP contribution in [-0.4, -0.2) is 221 Å². The summed E-state index contributed by atoms with van der Waals surface area (Å²) in [6, 6.07) is 6.30. The molecule has 0 saturated carbocycles. The zero-order valence-corrected chi connectivity index (χ0v) is 90.8. The van der Waals surface area contributed by atoms with Gasteiger partial charge in [0.1, 0.15) is 28.0 Å². The summed E-state index contributed by atoms with van der Waals surface area (Å²) in [6.07, 6.45) is 18.7. The van der Waals surface area contributed by atoms with E-state index >= 15 is 0 Å². The Kier molecular flexibility index (Phi) is 104. The van der Waals surface area contributed by atoms with Crippen molar-refractivity contribution in [3.63, 3.8) is 0 Å². The van der Waals surface area contributed by atoms with Gasteiger partial charge in [0.25, 0.3) is 0 Å². The second kappa shape index (κ2) is 75.6. The molecule has 0 aromatic carbocycles. The molecular weight excluding hydrogens is 1930 g/mol. The second-order valence-corrected chi connectivity index (χ2v) is 52.5. The van der Waals surface area contributed by atoms with Crippen LogP contribution in [0.4, 0.5) is 0 Å². The van der Waals surface area contributed by atoms with Crippen LogP contribution in [0.3, 0.4) is 0 Å². The largest absolute Gasteiger partial charge is 0.388 e. The summed E-state index contributed by atoms with van der Waals surface area (Å²) in [7, 11) is 3.25. The van der Waals surface area contributed by atoms with Crippen LogP contribution >= 0.6 is 0 Å². The molecule has 0 aliphatic carbocycles. The molecule has 0 fully saturated rings. The third kappa shape index (κ3) is 49.2. The van der Waals surface area contributed by atoms with Crippen LogP contribution in [-0.2, 0) is 151 Å². The molecule has 9 radical (unpaired) electrons. The number of aliphatic imine (C=N–C) groups is 6. The van der Waals surface area contributed by atoms with Gasteiger partial charge in [0.05, 0.1) is 105 Å². The van der Waals surface area contributed by atoms with E-state index in [1.54, 1.807) is 93.4 Å². The number of nitrogens with zero attached hydrogens (tertiary/aromatic N) is 6. The summed E-state index contributed by atoms with van der Waals surface area (Å²) in [5, 5.41) is 109. The first-order valence-electron chi connectivity index (χ1n) is 37.6. The van der Waals surface area contributed by atoms with E-state index < -0.39 is 81.2 Å². The zero-order chi connectivity index (χ0) is 87.8. The van der Waals surface area contributed by atoms with Crippen LogP contribution in [0.2, 0.25) is 75.5 Å². The Morgan fingerprint density at radius 3 is 0.647 bits per heavy atom. The Morgan fingerprint density at radius 1 is 0.302 bits per heavy atom. The maximum atomic E-state index is 10.7. The van der Waals surface area contributed by atoms with Gasteiger partial charge in [0, 0.05) is 193 Å². The van der Waals surface area contributed by atoms with Crippen molar-refractivity contribution in [2.45, 2.75) is 289 Å². The summed E-state index contributed by atoms with van der Waals surface area (Å²) in [5.74, 6) is 0.451. The first kappa shape index (κ1) is 159. The summed E-state index contributed by atoms with van der Waals surface area (Å²) >= 11 is 0. The van der Waals surface area contributed by atoms with Crippen LogP contribution in [0.25, 0.3) is 0 Å². The minimum atomic E-state index is -1.77. The van der Waals surface area contributed by atoms with Gasteiger partial charge in [-0.3, -0.25) is 30.0 Å². The van der Waals surface area contributed by atoms with Crippen LogP contribution in [0.15, 0.2) is 169 Å². The van der Waals surface area contributed by atoms with Gasteiger partial charge in [-0.15, -0.1) is 0 Å². The van der Waals surface area contributed by atoms with Crippen molar-refractivity contribution in [2.75, 3.05) is 42.3 Å². The minimum absolute atomic E-state index is 0. The Morgan fingerprint density at radius 2 is 0.534 bits per heavy atom. The van der Waals surface area contributed by atoms with Crippen molar-refractivity contribution < 1.29 is 197 Å². The predicted molar refractivity (Wildman–Crippen MR) is 491 cm³/mol. The molecule has 0 saturated heterocycles. The number of hydrogen-bond acceptors (Lipinski definition) is 18. The maximum absolute atomic E-state index is 10.7. The molecule has 701 valence electrons. The van der Waals surface area contributed by atoms with Crippen molar-refractivity contribution in [1.82, 2.24) is 0 Å². The van der Waals surface area contributed by atoms with Gasteiger partial charge in [-0.2, -0.15) is 0 Å². The van der Waals surface area contributed by atoms with Gasteiger partial charge in [-0.05, 0) is 133 Å². The van der Waals surface area contributed by atoms with Crippen LogP contribution in [0, 0.1) is 34.0 Å². The average Bonchev–Trinajstić information content (AvgIpc) is 0.787. The van der Waals surface area contributed by atoms with Gasteiger partial charge in [-0.25, -0.2) is 0 Å². The van der Waals surface area contributed by atoms with Crippen LogP contribution in [0.5, 0.6) is 0 Å². The van der Waals surface area contributed by atoms with Crippen molar-refractivity contribution >= 4 is 83.7 Å². The number of aliphatic hydroxyl groups is 9. The van der Waals surface area contributed by atoms with Crippen molar-refractivity contribution in [3.05, 3.63) is 139 Å². The number of hydrogen-bond donors (Lipinski definition) is 12. The van der Waals surface area contributed by atoms with E-state index in [0.717, 1.165) is 42.0 Å². The molecule has 0 heterocycles. The summed E-state index contributed by atoms with van der Waals surface area (Å²) in [6.45, 7) is 92.5. The zero-order valence-electron chi connectivity index (χ0n) is 77.4. The first-order valence-corrected chi connectivity index (χ1v) is 49.8. The Bertz CT molecular complexity index is 2940. The number of rotatable bonds is 36. The van der Waals surface area contributed by atoms with E-state index in [1.807, 2.05) is 95.8 Å². The maximum Gasteiger partial charge on any atom is 0.121 e. The van der Waals surface area contributed by atoms with E-state index in [0.29, 0.717) is 47.8 Å². The van der Waals surface area contributed by atoms with Crippen molar-refractivity contribution in [3.8, 4) is 0 Å². The first-order chi connectivity index (χ1) is 48.6. The molecule has 0 rings (SSSR count). The molecule has 7 unspecified atom stereocenters. The SMILES string of the molecule is C=CC(=N)C(C)(O)C=C.C=CC(=N)C(C)(O)[Si](C)(C)C.C=CC(=N)C(C)(O)[Si](CC)(CC)CC.C=CC(=NC)C(C)(O)C=C.C=CC(=NC)C(C)(O)[Si](C)(C)C.C=CC(=NC)C(C)(O)[Si](CC)(CC)CC.C=CC(=NC)C(O)(C(C)C)C(C)C.C=CC(=NC)C(O)(CC)C(C)C.C=CC(=NC)C(O)(CC)CC.[Co].[Co].[Co].[Co].[Co].[Co].[Co].[Co].[Co]. The monoisotopic (exact) mass is 2100 g/mol. The van der Waals surface area contributed by atoms with Crippen molar-refractivity contribution in [1.29, 1.82) is 16.2 Å². The van der Waals surface area contributed by atoms with E-state index in [1.165, 1.54) is 43.4 Å². The third-order valence-electron chi connectivity index (χ3n) is 21.9. The molecule has 18 nitrogen and oxygen atoms in total. The molecule has 0 aliphatic rings. The molecule has 0 spiro atoms. The van der Waals surface area contributed by atoms with Crippen molar-refractivity contribution in [2.24, 2.45) is 47.7 Å². The molecular formula is C85H165Co9N9O9Si4. The van der Waals surface area contributed by atoms with Crippen LogP contribution in [0.1, 0.15) is 165 Å².